The van der Waals surface area contributed by atoms with Crippen LogP contribution in [-0.4, -0.2) is 86.2 Å². The zero-order valence-electron chi connectivity index (χ0n) is 51.8. The number of ketones is 2. The van der Waals surface area contributed by atoms with Gasteiger partial charge in [0.1, 0.15) is 11.4 Å². The number of amides is 2. The maximum atomic E-state index is 14.0. The van der Waals surface area contributed by atoms with Crippen LogP contribution in [-0.2, 0) is 47.3 Å². The number of carbonyl (C=O) groups is 4. The van der Waals surface area contributed by atoms with Crippen LogP contribution in [0.4, 0.5) is 0 Å². The van der Waals surface area contributed by atoms with Crippen molar-refractivity contribution in [2.75, 3.05) is 0 Å². The Morgan fingerprint density at radius 3 is 1.33 bits per heavy atom. The van der Waals surface area contributed by atoms with Crippen molar-refractivity contribution >= 4 is 31.2 Å². The number of carbonyl (C=O) groups excluding carboxylic acids is 4. The van der Waals surface area contributed by atoms with Crippen molar-refractivity contribution in [3.63, 3.8) is 0 Å². The van der Waals surface area contributed by atoms with Gasteiger partial charge < -0.3 is 10.6 Å². The number of nitrogens with zero attached hydrogens (tertiary/aromatic N) is 7. The highest BCUT2D eigenvalue weighted by Crippen LogP contribution is 2.56. The fourth-order valence-electron chi connectivity index (χ4n) is 12.1. The zero-order chi connectivity index (χ0) is 60.6. The van der Waals surface area contributed by atoms with E-state index in [4.69, 9.17) is 13.6 Å². The number of hydrogen-bond acceptors (Lipinski definition) is 12. The van der Waals surface area contributed by atoms with Crippen molar-refractivity contribution in [2.45, 2.75) is 203 Å². The summed E-state index contributed by atoms with van der Waals surface area (Å²) in [5.74, 6) is 2.14. The highest BCUT2D eigenvalue weighted by molar-refractivity contribution is 7.48. The first kappa shape index (κ1) is 62.2. The minimum absolute atomic E-state index is 0.0321. The largest absolute Gasteiger partial charge is 0.477 e. The quantitative estimate of drug-likeness (QED) is 0.0456. The molecular formula is C65H89N10O8P. The van der Waals surface area contributed by atoms with Crippen molar-refractivity contribution in [3.05, 3.63) is 118 Å². The third-order valence-corrected chi connectivity index (χ3v) is 18.3. The number of hydrogen-bond donors (Lipinski definition) is 3. The van der Waals surface area contributed by atoms with Gasteiger partial charge in [0.2, 0.25) is 0 Å². The van der Waals surface area contributed by atoms with E-state index in [1.807, 2.05) is 91.8 Å². The number of phosphoric ester groups is 1. The molecule has 4 aromatic heterocycles. The summed E-state index contributed by atoms with van der Waals surface area (Å²) in [5.41, 5.74) is 9.04. The van der Waals surface area contributed by atoms with Crippen molar-refractivity contribution in [3.8, 4) is 22.3 Å². The molecule has 2 aromatic carbocycles. The summed E-state index contributed by atoms with van der Waals surface area (Å²) in [6.07, 6.45) is 12.9. The van der Waals surface area contributed by atoms with E-state index >= 15 is 0 Å². The molecule has 6 aromatic rings. The van der Waals surface area contributed by atoms with Gasteiger partial charge in [0.05, 0.1) is 34.7 Å². The summed E-state index contributed by atoms with van der Waals surface area (Å²) in [4.78, 5) is 54.5. The second-order valence-electron chi connectivity index (χ2n) is 26.6. The molecule has 0 saturated heterocycles. The molecule has 2 amide bonds. The van der Waals surface area contributed by atoms with Gasteiger partial charge in [-0.25, -0.2) is 9.25 Å². The van der Waals surface area contributed by atoms with E-state index in [2.05, 4.69) is 48.3 Å². The number of aryl methyl sites for hydroxylation is 3. The number of phosphoric acid groups is 1. The molecule has 4 heterocycles. The van der Waals surface area contributed by atoms with E-state index in [0.717, 1.165) is 108 Å². The number of Topliss-reactive ketones (excluding diaryl/α,β-unsaturated/α-hetero) is 2. The van der Waals surface area contributed by atoms with Crippen LogP contribution in [0.25, 0.3) is 22.3 Å². The summed E-state index contributed by atoms with van der Waals surface area (Å²) >= 11 is 0. The first-order valence-electron chi connectivity index (χ1n) is 30.3. The number of aromatic nitrogens is 8. The Hall–Kier alpha value is -6.33. The van der Waals surface area contributed by atoms with E-state index in [0.29, 0.717) is 41.5 Å². The van der Waals surface area contributed by atoms with Crippen molar-refractivity contribution in [1.82, 2.24) is 50.2 Å². The molecule has 0 unspecified atom stereocenters. The van der Waals surface area contributed by atoms with Crippen molar-refractivity contribution in [1.29, 1.82) is 0 Å². The Balaban J connectivity index is 0.000000213. The van der Waals surface area contributed by atoms with Crippen LogP contribution in [0.2, 0.25) is 0 Å². The molecule has 4 aliphatic carbocycles. The molecule has 19 heteroatoms. The van der Waals surface area contributed by atoms with Gasteiger partial charge in [0, 0.05) is 59.8 Å². The normalized spacial score (nSPS) is 16.5. The monoisotopic (exact) mass is 1170 g/mol. The summed E-state index contributed by atoms with van der Waals surface area (Å²) in [6.45, 7) is 26.5. The van der Waals surface area contributed by atoms with Crippen molar-refractivity contribution in [2.24, 2.45) is 35.5 Å². The van der Waals surface area contributed by atoms with E-state index in [1.165, 1.54) is 0 Å². The molecule has 0 aliphatic heterocycles. The third kappa shape index (κ3) is 15.6. The smallest absolute Gasteiger partial charge is 0.341 e. The highest BCUT2D eigenvalue weighted by atomic mass is 31.2. The van der Waals surface area contributed by atoms with Gasteiger partial charge in [-0.15, -0.1) is 0 Å². The third-order valence-electron chi connectivity index (χ3n) is 16.3. The molecule has 452 valence electrons. The maximum Gasteiger partial charge on any atom is 0.477 e. The minimum Gasteiger partial charge on any atom is -0.341 e. The van der Waals surface area contributed by atoms with Crippen LogP contribution in [0.1, 0.15) is 188 Å². The van der Waals surface area contributed by atoms with Crippen molar-refractivity contribution < 1.29 is 37.3 Å². The minimum atomic E-state index is -3.92. The number of aromatic amines is 1. The van der Waals surface area contributed by atoms with Gasteiger partial charge in [-0.2, -0.15) is 20.4 Å². The molecule has 2 atom stereocenters. The zero-order valence-corrected chi connectivity index (χ0v) is 52.7. The van der Waals surface area contributed by atoms with Gasteiger partial charge in [0.25, 0.3) is 11.8 Å². The van der Waals surface area contributed by atoms with E-state index in [1.54, 1.807) is 80.1 Å². The van der Waals surface area contributed by atoms with Crippen LogP contribution in [0, 0.1) is 63.2 Å². The van der Waals surface area contributed by atoms with E-state index in [9.17, 15) is 23.7 Å². The molecule has 4 fully saturated rings. The van der Waals surface area contributed by atoms with E-state index < -0.39 is 31.1 Å². The SMILES string of the molecule is Cc1n[nH]c(C)c1-c1ccc(CC(=O)[C@@H](NC(=O)c2ccnn2C(C)C)C(C2CC2)C2CC2)cc1.Cc1nn(COP(=O)(OC(C)(C)C)OC(C)(C)C)c(C)c1-c1ccc(CC(=O)[C@@H](NC(=O)c2ccnn2C(C)C)C(C2CC2)C2CC2)cc1. The van der Waals surface area contributed by atoms with Gasteiger partial charge in [-0.1, -0.05) is 48.5 Å². The number of benzene rings is 2. The average molecular weight is 1170 g/mol. The molecule has 4 aliphatic rings. The summed E-state index contributed by atoms with van der Waals surface area (Å²) in [6, 6.07) is 18.7. The predicted octanol–water partition coefficient (Wildman–Crippen LogP) is 12.8. The molecule has 0 radical (unpaired) electrons. The molecule has 10 rings (SSSR count). The molecule has 0 spiro atoms. The predicted molar refractivity (Wildman–Crippen MR) is 324 cm³/mol. The lowest BCUT2D eigenvalue weighted by molar-refractivity contribution is -0.122. The highest BCUT2D eigenvalue weighted by Gasteiger charge is 2.50. The number of nitrogens with one attached hydrogen (secondary N) is 3. The fraction of sp³-hybridized carbons (Fsp3) is 0.569. The van der Waals surface area contributed by atoms with Gasteiger partial charge in [-0.05, 0) is 218 Å². The Labute approximate surface area is 496 Å². The Kier molecular flexibility index (Phi) is 18.8. The van der Waals surface area contributed by atoms with Crippen LogP contribution in [0.15, 0.2) is 73.1 Å². The summed E-state index contributed by atoms with van der Waals surface area (Å²) in [7, 11) is -3.92. The maximum absolute atomic E-state index is 14.0. The van der Waals surface area contributed by atoms with Crippen LogP contribution >= 0.6 is 7.82 Å². The van der Waals surface area contributed by atoms with Crippen LogP contribution in [0.3, 0.4) is 0 Å². The molecule has 4 saturated carbocycles. The molecule has 3 N–H and O–H groups in total. The first-order chi connectivity index (χ1) is 39.7. The van der Waals surface area contributed by atoms with Gasteiger partial charge in [0.15, 0.2) is 18.3 Å². The second kappa shape index (κ2) is 25.3. The van der Waals surface area contributed by atoms with Gasteiger partial charge >= 0.3 is 7.82 Å². The fourth-order valence-corrected chi connectivity index (χ4v) is 13.8. The Morgan fingerprint density at radius 2 is 0.988 bits per heavy atom. The van der Waals surface area contributed by atoms with Crippen LogP contribution in [0.5, 0.6) is 0 Å². The average Bonchev–Trinajstić information content (AvgIpc) is 3.01. The van der Waals surface area contributed by atoms with Crippen LogP contribution < -0.4 is 10.6 Å². The summed E-state index contributed by atoms with van der Waals surface area (Å²) < 4.78 is 36.0. The Morgan fingerprint density at radius 1 is 0.595 bits per heavy atom. The number of rotatable bonds is 25. The molecular weight excluding hydrogens is 1080 g/mol. The lowest BCUT2D eigenvalue weighted by Gasteiger charge is -2.30. The topological polar surface area (TPSA) is 219 Å². The van der Waals surface area contributed by atoms with E-state index in [-0.39, 0.29) is 60.5 Å². The summed E-state index contributed by atoms with van der Waals surface area (Å²) in [5, 5.41) is 26.9. The first-order valence-corrected chi connectivity index (χ1v) is 31.8. The molecule has 18 nitrogen and oxygen atoms in total. The van der Waals surface area contributed by atoms with Gasteiger partial charge in [-0.3, -0.25) is 47.2 Å². The molecule has 0 bridgehead atoms. The Bertz CT molecular complexity index is 3280. The number of H-pyrrole nitrogens is 1. The lowest BCUT2D eigenvalue weighted by Crippen LogP contribution is -2.48. The lowest BCUT2D eigenvalue weighted by atomic mass is 9.85. The second-order valence-corrected chi connectivity index (χ2v) is 28.1. The molecule has 84 heavy (non-hydrogen) atoms. The standard InChI is InChI=1S/C37H54N5O6P.C28H35N5O2/c1-23(2)42-30(19-20-38-42)35(44)39-34(33(28-15-16-28)29-17-18-29)31(43)21-26-11-13-27(14-12-26)32-24(3)40-41(25(32)4)22-46-49(45,47-36(5,6)7)48-37(8,9)10;1-16(2)33-23(13-14-29-33)28(35)30-27(26(21-9-10-21)22-11-12-22)24(34)15-19-5-7-20(8-6-19)25-17(3)31-32-18(25)4/h11-14,19-20,23,28-29,33-34H,15-18,21-22H2,1-10H3,(H,39,44);5-8,13-14,16,21-22,26-27H,9-12,15H2,1-4H3,(H,30,35)(H,31,32)/t34-;27-/m11/s1.